The summed E-state index contributed by atoms with van der Waals surface area (Å²) in [7, 11) is 0. The summed E-state index contributed by atoms with van der Waals surface area (Å²) in [6.07, 6.45) is 6.19. The smallest absolute Gasteiger partial charge is 0.225 e. The molecule has 0 unspecified atom stereocenters. The molecule has 0 bridgehead atoms. The van der Waals surface area contributed by atoms with Gasteiger partial charge in [-0.2, -0.15) is 0 Å². The Morgan fingerprint density at radius 1 is 0.952 bits per heavy atom. The molecule has 1 amide bonds. The van der Waals surface area contributed by atoms with Crippen LogP contribution < -0.4 is 5.73 Å². The molecule has 3 nitrogen and oxygen atoms in total. The van der Waals surface area contributed by atoms with Crippen molar-refractivity contribution in [3.63, 3.8) is 0 Å². The van der Waals surface area contributed by atoms with Crippen molar-refractivity contribution in [3.05, 3.63) is 35.9 Å². The van der Waals surface area contributed by atoms with E-state index in [1.807, 2.05) is 0 Å². The highest BCUT2D eigenvalue weighted by atomic mass is 16.2. The first-order valence-corrected chi connectivity index (χ1v) is 8.33. The van der Waals surface area contributed by atoms with Crippen LogP contribution in [-0.2, 0) is 4.79 Å². The van der Waals surface area contributed by atoms with E-state index < -0.39 is 0 Å². The molecule has 2 fully saturated rings. The highest BCUT2D eigenvalue weighted by Crippen LogP contribution is 2.30. The van der Waals surface area contributed by atoms with Gasteiger partial charge >= 0.3 is 0 Å². The normalized spacial score (nSPS) is 27.6. The van der Waals surface area contributed by atoms with Crippen molar-refractivity contribution >= 4 is 5.91 Å². The molecule has 21 heavy (non-hydrogen) atoms. The van der Waals surface area contributed by atoms with E-state index >= 15 is 0 Å². The van der Waals surface area contributed by atoms with Crippen molar-refractivity contribution in [2.75, 3.05) is 13.1 Å². The average Bonchev–Trinajstić information content (AvgIpc) is 2.56. The Balaban J connectivity index is 1.52. The van der Waals surface area contributed by atoms with Gasteiger partial charge in [-0.3, -0.25) is 4.79 Å². The monoisotopic (exact) mass is 286 g/mol. The lowest BCUT2D eigenvalue weighted by molar-refractivity contribution is -0.137. The van der Waals surface area contributed by atoms with E-state index in [1.54, 1.807) is 0 Å². The lowest BCUT2D eigenvalue weighted by Crippen LogP contribution is -2.43. The Morgan fingerprint density at radius 2 is 1.57 bits per heavy atom. The largest absolute Gasteiger partial charge is 0.342 e. The molecule has 3 rings (SSSR count). The Labute approximate surface area is 127 Å². The molecule has 1 saturated heterocycles. The number of piperidine rings is 1. The molecule has 2 aliphatic rings. The van der Waals surface area contributed by atoms with E-state index in [-0.39, 0.29) is 5.92 Å². The molecule has 0 aromatic heterocycles. The third-order valence-corrected chi connectivity index (χ3v) is 5.20. The molecule has 1 saturated carbocycles. The maximum absolute atomic E-state index is 12.6. The van der Waals surface area contributed by atoms with E-state index in [0.717, 1.165) is 51.6 Å². The minimum Gasteiger partial charge on any atom is -0.342 e. The highest BCUT2D eigenvalue weighted by molar-refractivity contribution is 5.79. The van der Waals surface area contributed by atoms with Crippen molar-refractivity contribution < 1.29 is 4.79 Å². The second-order valence-electron chi connectivity index (χ2n) is 6.62. The van der Waals surface area contributed by atoms with Gasteiger partial charge in [0.15, 0.2) is 0 Å². The molecule has 0 spiro atoms. The van der Waals surface area contributed by atoms with Crippen LogP contribution in [0.1, 0.15) is 50.0 Å². The zero-order valence-electron chi connectivity index (χ0n) is 12.7. The second-order valence-corrected chi connectivity index (χ2v) is 6.62. The summed E-state index contributed by atoms with van der Waals surface area (Å²) in [5.41, 5.74) is 7.36. The fourth-order valence-corrected chi connectivity index (χ4v) is 3.78. The number of hydrogen-bond acceptors (Lipinski definition) is 2. The van der Waals surface area contributed by atoms with Gasteiger partial charge in [0.2, 0.25) is 5.91 Å². The summed E-state index contributed by atoms with van der Waals surface area (Å²) >= 11 is 0. The van der Waals surface area contributed by atoms with Crippen LogP contribution in [0.25, 0.3) is 0 Å². The Bertz CT molecular complexity index is 457. The van der Waals surface area contributed by atoms with E-state index in [9.17, 15) is 4.79 Å². The average molecular weight is 286 g/mol. The van der Waals surface area contributed by atoms with Crippen LogP contribution >= 0.6 is 0 Å². The molecule has 1 aromatic carbocycles. The maximum atomic E-state index is 12.6. The molecule has 114 valence electrons. The SMILES string of the molecule is NC1CCC(C(=O)N2CCC(c3ccccc3)CC2)CC1. The zero-order valence-corrected chi connectivity index (χ0v) is 12.7. The number of likely N-dealkylation sites (tertiary alicyclic amines) is 1. The topological polar surface area (TPSA) is 46.3 Å². The molecule has 3 heteroatoms. The third kappa shape index (κ3) is 3.46. The van der Waals surface area contributed by atoms with Crippen LogP contribution in [0.2, 0.25) is 0 Å². The summed E-state index contributed by atoms with van der Waals surface area (Å²) in [6, 6.07) is 11.0. The molecule has 1 aliphatic carbocycles. The first-order valence-electron chi connectivity index (χ1n) is 8.33. The lowest BCUT2D eigenvalue weighted by atomic mass is 9.84. The maximum Gasteiger partial charge on any atom is 0.225 e. The predicted octanol–water partition coefficient (Wildman–Crippen LogP) is 2.91. The van der Waals surface area contributed by atoms with Gasteiger partial charge in [0.25, 0.3) is 0 Å². The second kappa shape index (κ2) is 6.61. The molecule has 1 heterocycles. The van der Waals surface area contributed by atoms with Gasteiger partial charge in [0.1, 0.15) is 0 Å². The fourth-order valence-electron chi connectivity index (χ4n) is 3.78. The molecule has 0 atom stereocenters. The molecular weight excluding hydrogens is 260 g/mol. The summed E-state index contributed by atoms with van der Waals surface area (Å²) in [6.45, 7) is 1.84. The molecule has 1 aliphatic heterocycles. The number of hydrogen-bond donors (Lipinski definition) is 1. The number of amides is 1. The van der Waals surface area contributed by atoms with Crippen LogP contribution in [0.3, 0.4) is 0 Å². The van der Waals surface area contributed by atoms with Gasteiger partial charge in [-0.05, 0) is 50.0 Å². The van der Waals surface area contributed by atoms with Gasteiger partial charge in [0.05, 0.1) is 0 Å². The highest BCUT2D eigenvalue weighted by Gasteiger charge is 2.30. The summed E-state index contributed by atoms with van der Waals surface area (Å²) in [5.74, 6) is 1.24. The number of nitrogens with zero attached hydrogens (tertiary/aromatic N) is 1. The van der Waals surface area contributed by atoms with E-state index in [1.165, 1.54) is 5.56 Å². The minimum absolute atomic E-state index is 0.234. The predicted molar refractivity (Wildman–Crippen MR) is 84.9 cm³/mol. The van der Waals surface area contributed by atoms with Crippen molar-refractivity contribution in [1.29, 1.82) is 0 Å². The van der Waals surface area contributed by atoms with Crippen molar-refractivity contribution in [3.8, 4) is 0 Å². The number of rotatable bonds is 2. The number of carbonyl (C=O) groups is 1. The van der Waals surface area contributed by atoms with E-state index in [0.29, 0.717) is 17.9 Å². The Morgan fingerprint density at radius 3 is 2.19 bits per heavy atom. The van der Waals surface area contributed by atoms with E-state index in [4.69, 9.17) is 5.73 Å². The third-order valence-electron chi connectivity index (χ3n) is 5.20. The Hall–Kier alpha value is -1.35. The quantitative estimate of drug-likeness (QED) is 0.908. The minimum atomic E-state index is 0.234. The van der Waals surface area contributed by atoms with Gasteiger partial charge in [0, 0.05) is 25.0 Å². The molecule has 2 N–H and O–H groups in total. The summed E-state index contributed by atoms with van der Waals surface area (Å²) < 4.78 is 0. The van der Waals surface area contributed by atoms with Gasteiger partial charge < -0.3 is 10.6 Å². The standard InChI is InChI=1S/C18H26N2O/c19-17-8-6-16(7-9-17)18(21)20-12-10-15(11-13-20)14-4-2-1-3-5-14/h1-5,15-17H,6-13,19H2. The fraction of sp³-hybridized carbons (Fsp3) is 0.611. The van der Waals surface area contributed by atoms with Crippen LogP contribution in [0.4, 0.5) is 0 Å². The van der Waals surface area contributed by atoms with Crippen LogP contribution in [0, 0.1) is 5.92 Å². The van der Waals surface area contributed by atoms with Crippen LogP contribution in [0.15, 0.2) is 30.3 Å². The summed E-state index contributed by atoms with van der Waals surface area (Å²) in [5, 5.41) is 0. The van der Waals surface area contributed by atoms with E-state index in [2.05, 4.69) is 35.2 Å². The summed E-state index contributed by atoms with van der Waals surface area (Å²) in [4.78, 5) is 14.7. The number of nitrogens with two attached hydrogens (primary N) is 1. The number of benzene rings is 1. The first kappa shape index (κ1) is 14.6. The molecular formula is C18H26N2O. The molecule has 0 radical (unpaired) electrons. The van der Waals surface area contributed by atoms with Gasteiger partial charge in [-0.1, -0.05) is 30.3 Å². The number of carbonyl (C=O) groups excluding carboxylic acids is 1. The van der Waals surface area contributed by atoms with Gasteiger partial charge in [-0.15, -0.1) is 0 Å². The Kier molecular flexibility index (Phi) is 4.59. The van der Waals surface area contributed by atoms with Crippen LogP contribution in [-0.4, -0.2) is 29.9 Å². The van der Waals surface area contributed by atoms with Crippen molar-refractivity contribution in [2.24, 2.45) is 11.7 Å². The molecule has 1 aromatic rings. The van der Waals surface area contributed by atoms with Crippen molar-refractivity contribution in [2.45, 2.75) is 50.5 Å². The first-order chi connectivity index (χ1) is 10.2. The van der Waals surface area contributed by atoms with Gasteiger partial charge in [-0.25, -0.2) is 0 Å². The lowest BCUT2D eigenvalue weighted by Gasteiger charge is -2.36. The van der Waals surface area contributed by atoms with Crippen molar-refractivity contribution in [1.82, 2.24) is 4.90 Å². The van der Waals surface area contributed by atoms with Crippen LogP contribution in [0.5, 0.6) is 0 Å². The zero-order chi connectivity index (χ0) is 14.7.